The molecule has 0 spiro atoms. The Balaban J connectivity index is 2.38. The maximum Gasteiger partial charge on any atom is 0.356 e. The minimum absolute atomic E-state index is 0.167. The molecule has 8 heteroatoms. The molecular formula is C9H12N2O4S2. The Kier molecular flexibility index (Phi) is 3.19. The lowest BCUT2D eigenvalue weighted by Gasteiger charge is -2.14. The van der Waals surface area contributed by atoms with Crippen molar-refractivity contribution in [3.63, 3.8) is 0 Å². The molecule has 1 N–H and O–H groups in total. The van der Waals surface area contributed by atoms with Crippen LogP contribution in [0.25, 0.3) is 0 Å². The Bertz CT molecular complexity index is 537. The van der Waals surface area contributed by atoms with E-state index in [4.69, 9.17) is 5.11 Å². The molecule has 1 atom stereocenters. The van der Waals surface area contributed by atoms with Crippen molar-refractivity contribution in [2.24, 2.45) is 5.92 Å². The molecule has 2 rings (SSSR count). The van der Waals surface area contributed by atoms with Crippen molar-refractivity contribution in [1.29, 1.82) is 0 Å². The first kappa shape index (κ1) is 12.5. The van der Waals surface area contributed by atoms with Gasteiger partial charge < -0.3 is 5.11 Å². The second-order valence-corrected chi connectivity index (χ2v) is 7.04. The van der Waals surface area contributed by atoms with Crippen LogP contribution in [0, 0.1) is 5.92 Å². The summed E-state index contributed by atoms with van der Waals surface area (Å²) in [5.74, 6) is -0.997. The minimum Gasteiger partial charge on any atom is -0.476 e. The molecular weight excluding hydrogens is 264 g/mol. The lowest BCUT2D eigenvalue weighted by molar-refractivity contribution is 0.0687. The van der Waals surface area contributed by atoms with Gasteiger partial charge in [-0.1, -0.05) is 6.92 Å². The van der Waals surface area contributed by atoms with E-state index in [1.807, 2.05) is 6.92 Å². The topological polar surface area (TPSA) is 87.6 Å². The van der Waals surface area contributed by atoms with E-state index >= 15 is 0 Å². The van der Waals surface area contributed by atoms with E-state index in [9.17, 15) is 13.2 Å². The van der Waals surface area contributed by atoms with Gasteiger partial charge in [0.2, 0.25) is 0 Å². The SMILES string of the molecule is CC1CCN(S(=O)(=O)c2scnc2C(=O)O)C1. The van der Waals surface area contributed by atoms with Crippen molar-refractivity contribution in [3.8, 4) is 0 Å². The van der Waals surface area contributed by atoms with Crippen molar-refractivity contribution in [2.75, 3.05) is 13.1 Å². The lowest BCUT2D eigenvalue weighted by Crippen LogP contribution is -2.29. The molecule has 1 fully saturated rings. The molecule has 0 aromatic carbocycles. The van der Waals surface area contributed by atoms with Gasteiger partial charge in [0.05, 0.1) is 5.51 Å². The van der Waals surface area contributed by atoms with Crippen LogP contribution in [-0.2, 0) is 10.0 Å². The molecule has 0 bridgehead atoms. The summed E-state index contributed by atoms with van der Waals surface area (Å²) < 4.78 is 25.6. The van der Waals surface area contributed by atoms with E-state index in [1.165, 1.54) is 9.82 Å². The van der Waals surface area contributed by atoms with Crippen molar-refractivity contribution >= 4 is 27.3 Å². The van der Waals surface area contributed by atoms with E-state index in [0.717, 1.165) is 17.8 Å². The molecule has 17 heavy (non-hydrogen) atoms. The summed E-state index contributed by atoms with van der Waals surface area (Å²) in [6, 6.07) is 0. The van der Waals surface area contributed by atoms with Gasteiger partial charge in [-0.2, -0.15) is 4.31 Å². The van der Waals surface area contributed by atoms with Crippen LogP contribution in [0.4, 0.5) is 0 Å². The van der Waals surface area contributed by atoms with E-state index in [0.29, 0.717) is 19.0 Å². The van der Waals surface area contributed by atoms with Crippen LogP contribution < -0.4 is 0 Å². The highest BCUT2D eigenvalue weighted by Gasteiger charge is 2.35. The molecule has 94 valence electrons. The zero-order valence-electron chi connectivity index (χ0n) is 9.16. The van der Waals surface area contributed by atoms with Gasteiger partial charge >= 0.3 is 5.97 Å². The highest BCUT2D eigenvalue weighted by atomic mass is 32.2. The number of nitrogens with zero attached hydrogens (tertiary/aromatic N) is 2. The minimum atomic E-state index is -3.70. The Morgan fingerprint density at radius 2 is 2.35 bits per heavy atom. The number of carboxylic acids is 1. The number of carbonyl (C=O) groups is 1. The zero-order chi connectivity index (χ0) is 12.6. The summed E-state index contributed by atoms with van der Waals surface area (Å²) in [7, 11) is -3.70. The summed E-state index contributed by atoms with van der Waals surface area (Å²) >= 11 is 0.851. The molecule has 0 saturated carbocycles. The molecule has 1 aliphatic rings. The van der Waals surface area contributed by atoms with Gasteiger partial charge in [0.15, 0.2) is 9.90 Å². The van der Waals surface area contributed by atoms with Crippen LogP contribution in [0.2, 0.25) is 0 Å². The number of carboxylic acid groups (broad SMARTS) is 1. The Morgan fingerprint density at radius 1 is 1.65 bits per heavy atom. The van der Waals surface area contributed by atoms with Gasteiger partial charge in [-0.25, -0.2) is 18.2 Å². The van der Waals surface area contributed by atoms with Crippen LogP contribution in [-0.4, -0.2) is 41.9 Å². The third kappa shape index (κ3) is 2.20. The van der Waals surface area contributed by atoms with Crippen LogP contribution in [0.15, 0.2) is 9.72 Å². The fourth-order valence-corrected chi connectivity index (χ4v) is 4.64. The Labute approximate surface area is 103 Å². The van der Waals surface area contributed by atoms with Gasteiger partial charge in [-0.3, -0.25) is 0 Å². The maximum atomic E-state index is 12.2. The molecule has 1 saturated heterocycles. The standard InChI is InChI=1S/C9H12N2O4S2/c1-6-2-3-11(4-6)17(14,15)9-7(8(12)13)10-5-16-9/h5-6H,2-4H2,1H3,(H,12,13). The summed E-state index contributed by atoms with van der Waals surface area (Å²) in [5, 5.41) is 8.87. The van der Waals surface area contributed by atoms with Crippen LogP contribution >= 0.6 is 11.3 Å². The van der Waals surface area contributed by atoms with Crippen LogP contribution in [0.1, 0.15) is 23.8 Å². The fourth-order valence-electron chi connectivity index (χ4n) is 1.79. The van der Waals surface area contributed by atoms with Crippen LogP contribution in [0.5, 0.6) is 0 Å². The fraction of sp³-hybridized carbons (Fsp3) is 0.556. The summed E-state index contributed by atoms with van der Waals surface area (Å²) in [6.07, 6.45) is 0.806. The third-order valence-corrected chi connectivity index (χ3v) is 5.91. The van der Waals surface area contributed by atoms with Crippen molar-refractivity contribution in [2.45, 2.75) is 17.6 Å². The number of hydrogen-bond donors (Lipinski definition) is 1. The molecule has 6 nitrogen and oxygen atoms in total. The van der Waals surface area contributed by atoms with Crippen molar-refractivity contribution in [1.82, 2.24) is 9.29 Å². The van der Waals surface area contributed by atoms with Gasteiger partial charge in [0.1, 0.15) is 0 Å². The number of hydrogen-bond acceptors (Lipinski definition) is 5. The van der Waals surface area contributed by atoms with Crippen molar-refractivity contribution in [3.05, 3.63) is 11.2 Å². The van der Waals surface area contributed by atoms with Crippen molar-refractivity contribution < 1.29 is 18.3 Å². The van der Waals surface area contributed by atoms with E-state index in [2.05, 4.69) is 4.98 Å². The molecule has 1 unspecified atom stereocenters. The monoisotopic (exact) mass is 276 g/mol. The number of sulfonamides is 1. The smallest absolute Gasteiger partial charge is 0.356 e. The first-order valence-corrected chi connectivity index (χ1v) is 7.42. The van der Waals surface area contributed by atoms with Gasteiger partial charge in [0, 0.05) is 13.1 Å². The van der Waals surface area contributed by atoms with E-state index in [1.54, 1.807) is 0 Å². The largest absolute Gasteiger partial charge is 0.476 e. The highest BCUT2D eigenvalue weighted by molar-refractivity contribution is 7.91. The molecule has 0 radical (unpaired) electrons. The quantitative estimate of drug-likeness (QED) is 0.885. The average Bonchev–Trinajstić information content (AvgIpc) is 2.84. The second kappa shape index (κ2) is 4.35. The molecule has 1 aromatic heterocycles. The molecule has 1 aromatic rings. The summed E-state index contributed by atoms with van der Waals surface area (Å²) in [4.78, 5) is 14.5. The van der Waals surface area contributed by atoms with Gasteiger partial charge in [0.25, 0.3) is 10.0 Å². The molecule has 0 aliphatic carbocycles. The van der Waals surface area contributed by atoms with E-state index < -0.39 is 16.0 Å². The van der Waals surface area contributed by atoms with Gasteiger partial charge in [-0.15, -0.1) is 11.3 Å². The number of rotatable bonds is 3. The second-order valence-electron chi connectivity index (χ2n) is 4.05. The normalized spacial score (nSPS) is 21.8. The van der Waals surface area contributed by atoms with Crippen LogP contribution in [0.3, 0.4) is 0 Å². The first-order chi connectivity index (χ1) is 7.93. The number of thiazole rings is 1. The predicted octanol–water partition coefficient (Wildman–Crippen LogP) is 0.872. The highest BCUT2D eigenvalue weighted by Crippen LogP contribution is 2.28. The van der Waals surface area contributed by atoms with E-state index in [-0.39, 0.29) is 9.90 Å². The molecule has 1 aliphatic heterocycles. The summed E-state index contributed by atoms with van der Waals surface area (Å²) in [6.45, 7) is 2.86. The molecule has 0 amide bonds. The maximum absolute atomic E-state index is 12.2. The Hall–Kier alpha value is -0.990. The number of aromatic carboxylic acids is 1. The predicted molar refractivity (Wildman–Crippen MR) is 61.6 cm³/mol. The lowest BCUT2D eigenvalue weighted by atomic mass is 10.2. The number of aromatic nitrogens is 1. The first-order valence-electron chi connectivity index (χ1n) is 5.10. The van der Waals surface area contributed by atoms with Gasteiger partial charge in [-0.05, 0) is 12.3 Å². The average molecular weight is 276 g/mol. The summed E-state index contributed by atoms with van der Waals surface area (Å²) in [5.41, 5.74) is 0.866. The Morgan fingerprint density at radius 3 is 2.88 bits per heavy atom. The molecule has 2 heterocycles. The zero-order valence-corrected chi connectivity index (χ0v) is 10.8. The third-order valence-electron chi connectivity index (χ3n) is 2.70.